The molecule has 0 spiro atoms. The summed E-state index contributed by atoms with van der Waals surface area (Å²) in [5, 5.41) is 9.01. The van der Waals surface area contributed by atoms with Crippen LogP contribution in [0, 0.1) is 0 Å². The smallest absolute Gasteiger partial charge is 0.155 e. The molecule has 0 saturated heterocycles. The molecule has 0 aliphatic heterocycles. The Morgan fingerprint density at radius 2 is 1.15 bits per heavy atom. The minimum absolute atomic E-state index is 0.00904. The monoisotopic (exact) mass is 370 g/mol. The lowest BCUT2D eigenvalue weighted by Gasteiger charge is -2.06. The van der Waals surface area contributed by atoms with Gasteiger partial charge in [-0.2, -0.15) is 0 Å². The summed E-state index contributed by atoms with van der Waals surface area (Å²) >= 11 is 27.9. The summed E-state index contributed by atoms with van der Waals surface area (Å²) in [5.41, 5.74) is 1.41. The van der Waals surface area contributed by atoms with Crippen molar-refractivity contribution in [2.75, 3.05) is 0 Å². The van der Waals surface area contributed by atoms with Crippen molar-refractivity contribution in [3.63, 3.8) is 0 Å². The zero-order valence-electron chi connectivity index (χ0n) is 10.4. The number of aryl methyl sites for hydroxylation is 1. The van der Waals surface area contributed by atoms with E-state index >= 15 is 0 Å². The fourth-order valence-corrected chi connectivity index (χ4v) is 2.44. The van der Waals surface area contributed by atoms with E-state index in [4.69, 9.17) is 58.0 Å². The first-order chi connectivity index (χ1) is 9.40. The van der Waals surface area contributed by atoms with Crippen LogP contribution in [0.2, 0.25) is 25.1 Å². The molecule has 6 heteroatoms. The average Bonchev–Trinajstić information content (AvgIpc) is 2.50. The van der Waals surface area contributed by atoms with Crippen LogP contribution in [0.1, 0.15) is 12.5 Å². The molecule has 0 heterocycles. The molecule has 0 aliphatic carbocycles. The van der Waals surface area contributed by atoms with Gasteiger partial charge >= 0.3 is 0 Å². The van der Waals surface area contributed by atoms with E-state index in [1.807, 2.05) is 6.07 Å². The molecule has 1 N–H and O–H groups in total. The molecule has 2 aromatic carbocycles. The number of benzene rings is 2. The molecular weight excluding hydrogens is 361 g/mol. The van der Waals surface area contributed by atoms with Gasteiger partial charge in [-0.1, -0.05) is 95.3 Å². The maximum atomic E-state index is 9.20. The Morgan fingerprint density at radius 1 is 0.750 bits per heavy atom. The first kappa shape index (κ1) is 17.7. The topological polar surface area (TPSA) is 20.2 Å². The quantitative estimate of drug-likeness (QED) is 0.426. The van der Waals surface area contributed by atoms with Gasteiger partial charge in [-0.05, 0) is 12.0 Å². The maximum absolute atomic E-state index is 9.20. The molecule has 0 atom stereocenters. The van der Waals surface area contributed by atoms with Crippen molar-refractivity contribution < 1.29 is 5.11 Å². The lowest BCUT2D eigenvalue weighted by Crippen LogP contribution is -1.78. The zero-order chi connectivity index (χ0) is 15.3. The number of halogens is 5. The Balaban J connectivity index is 0.000000217. The van der Waals surface area contributed by atoms with Crippen molar-refractivity contribution in [2.45, 2.75) is 13.3 Å². The number of hydrogen-bond acceptors (Lipinski definition) is 1. The fourth-order valence-electron chi connectivity index (χ4n) is 1.31. The Kier molecular flexibility index (Phi) is 7.28. The van der Waals surface area contributed by atoms with Gasteiger partial charge in [0.15, 0.2) is 5.75 Å². The van der Waals surface area contributed by atoms with Gasteiger partial charge in [0.2, 0.25) is 0 Å². The van der Waals surface area contributed by atoms with Crippen molar-refractivity contribution in [3.05, 3.63) is 61.0 Å². The van der Waals surface area contributed by atoms with Gasteiger partial charge < -0.3 is 5.11 Å². The van der Waals surface area contributed by atoms with Crippen molar-refractivity contribution >= 4 is 58.0 Å². The van der Waals surface area contributed by atoms with E-state index in [1.54, 1.807) is 0 Å². The third-order valence-electron chi connectivity index (χ3n) is 2.44. The lowest BCUT2D eigenvalue weighted by molar-refractivity contribution is 0.476. The molecule has 108 valence electrons. The van der Waals surface area contributed by atoms with Crippen LogP contribution in [0.15, 0.2) is 30.3 Å². The summed E-state index contributed by atoms with van der Waals surface area (Å²) in [4.78, 5) is 0. The van der Waals surface area contributed by atoms with E-state index in [-0.39, 0.29) is 30.9 Å². The minimum Gasteiger partial charge on any atom is -0.505 e. The lowest BCUT2D eigenvalue weighted by atomic mass is 10.2. The molecule has 0 radical (unpaired) electrons. The largest absolute Gasteiger partial charge is 0.505 e. The molecule has 0 bridgehead atoms. The van der Waals surface area contributed by atoms with Gasteiger partial charge in [0.25, 0.3) is 0 Å². The molecule has 0 aromatic heterocycles. The Labute approximate surface area is 143 Å². The molecule has 0 aliphatic rings. The Morgan fingerprint density at radius 3 is 1.50 bits per heavy atom. The van der Waals surface area contributed by atoms with Gasteiger partial charge in [-0.25, -0.2) is 0 Å². The van der Waals surface area contributed by atoms with Gasteiger partial charge in [0, 0.05) is 0 Å². The van der Waals surface area contributed by atoms with E-state index in [2.05, 4.69) is 31.2 Å². The third kappa shape index (κ3) is 4.34. The summed E-state index contributed by atoms with van der Waals surface area (Å²) in [6.07, 6.45) is 1.14. The van der Waals surface area contributed by atoms with Crippen LogP contribution in [-0.4, -0.2) is 5.11 Å². The highest BCUT2D eigenvalue weighted by Gasteiger charge is 2.18. The van der Waals surface area contributed by atoms with Crippen molar-refractivity contribution in [1.29, 1.82) is 0 Å². The number of rotatable bonds is 1. The van der Waals surface area contributed by atoms with Gasteiger partial charge in [0.1, 0.15) is 10.0 Å². The van der Waals surface area contributed by atoms with E-state index in [0.29, 0.717) is 0 Å². The van der Waals surface area contributed by atoms with E-state index in [0.717, 1.165) is 6.42 Å². The van der Waals surface area contributed by atoms with Crippen molar-refractivity contribution in [1.82, 2.24) is 0 Å². The predicted octanol–water partition coefficient (Wildman–Crippen LogP) is 6.91. The zero-order valence-corrected chi connectivity index (χ0v) is 14.2. The summed E-state index contributed by atoms with van der Waals surface area (Å²) in [7, 11) is 0. The predicted molar refractivity (Wildman–Crippen MR) is 89.0 cm³/mol. The van der Waals surface area contributed by atoms with Crippen molar-refractivity contribution in [2.24, 2.45) is 0 Å². The number of phenolic OH excluding ortho intramolecular Hbond substituents is 1. The van der Waals surface area contributed by atoms with Crippen molar-refractivity contribution in [3.8, 4) is 5.75 Å². The van der Waals surface area contributed by atoms with Crippen LogP contribution in [0.3, 0.4) is 0 Å². The van der Waals surface area contributed by atoms with Crippen LogP contribution in [0.4, 0.5) is 0 Å². The average molecular weight is 373 g/mol. The highest BCUT2D eigenvalue weighted by Crippen LogP contribution is 2.47. The number of hydrogen-bond donors (Lipinski definition) is 1. The van der Waals surface area contributed by atoms with Crippen LogP contribution in [0.5, 0.6) is 5.75 Å². The second-order valence-corrected chi connectivity index (χ2v) is 5.65. The molecule has 0 unspecified atom stereocenters. The second kappa shape index (κ2) is 8.21. The third-order valence-corrected chi connectivity index (χ3v) is 4.69. The SMILES string of the molecule is CCc1ccccc1.Oc1c(Cl)c(Cl)c(Cl)c(Cl)c1Cl. The minimum atomic E-state index is -0.363. The van der Waals surface area contributed by atoms with Crippen LogP contribution in [-0.2, 0) is 6.42 Å². The Hall–Kier alpha value is -0.310. The normalized spacial score (nSPS) is 9.90. The summed E-state index contributed by atoms with van der Waals surface area (Å²) in [6.45, 7) is 2.16. The van der Waals surface area contributed by atoms with Crippen LogP contribution >= 0.6 is 58.0 Å². The van der Waals surface area contributed by atoms with E-state index in [9.17, 15) is 5.11 Å². The highest BCUT2D eigenvalue weighted by molar-refractivity contribution is 6.55. The maximum Gasteiger partial charge on any atom is 0.155 e. The molecule has 0 fully saturated rings. The second-order valence-electron chi connectivity index (χ2n) is 3.76. The standard InChI is InChI=1S/C8H10.C6HCl5O/c1-2-8-6-4-3-5-7-8;7-1-2(8)4(10)6(12)5(11)3(1)9/h3-7H,2H2,1H3;12H. The highest BCUT2D eigenvalue weighted by atomic mass is 35.5. The molecule has 0 saturated carbocycles. The first-order valence-electron chi connectivity index (χ1n) is 5.64. The molecule has 20 heavy (non-hydrogen) atoms. The summed E-state index contributed by atoms with van der Waals surface area (Å²) < 4.78 is 0. The Bertz CT molecular complexity index is 479. The van der Waals surface area contributed by atoms with Crippen LogP contribution in [0.25, 0.3) is 0 Å². The molecule has 1 nitrogen and oxygen atoms in total. The first-order valence-corrected chi connectivity index (χ1v) is 7.53. The summed E-state index contributed by atoms with van der Waals surface area (Å²) in [6, 6.07) is 10.5. The summed E-state index contributed by atoms with van der Waals surface area (Å²) in [5.74, 6) is -0.363. The number of aromatic hydroxyl groups is 1. The fraction of sp³-hybridized carbons (Fsp3) is 0.143. The molecule has 0 amide bonds. The van der Waals surface area contributed by atoms with E-state index < -0.39 is 0 Å². The van der Waals surface area contributed by atoms with Gasteiger partial charge in [-0.3, -0.25) is 0 Å². The molecule has 2 rings (SSSR count). The number of phenols is 1. The molecule has 2 aromatic rings. The van der Waals surface area contributed by atoms with Crippen LogP contribution < -0.4 is 0 Å². The molecular formula is C14H11Cl5O. The van der Waals surface area contributed by atoms with Gasteiger partial charge in [-0.15, -0.1) is 0 Å². The van der Waals surface area contributed by atoms with Gasteiger partial charge in [0.05, 0.1) is 15.1 Å². The van der Waals surface area contributed by atoms with E-state index in [1.165, 1.54) is 5.56 Å².